The van der Waals surface area contributed by atoms with Crippen molar-refractivity contribution >= 4 is 62.5 Å². The molecule has 0 unspecified atom stereocenters. The van der Waals surface area contributed by atoms with Gasteiger partial charge in [0.1, 0.15) is 12.6 Å². The van der Waals surface area contributed by atoms with Gasteiger partial charge in [-0.3, -0.25) is 14.5 Å². The molecule has 1 saturated heterocycles. The monoisotopic (exact) mass is 539 g/mol. The Kier molecular flexibility index (Phi) is 7.86. The molecular weight excluding hydrogens is 522 g/mol. The summed E-state index contributed by atoms with van der Waals surface area (Å²) in [5.41, 5.74) is 1.42. The number of halogens is 2. The first-order chi connectivity index (χ1) is 15.3. The summed E-state index contributed by atoms with van der Waals surface area (Å²) in [5.74, 6) is -0.322. The molecule has 1 atom stereocenters. The number of thioether (sulfide) groups is 1. The van der Waals surface area contributed by atoms with Crippen LogP contribution in [0.3, 0.4) is 0 Å². The second kappa shape index (κ2) is 10.4. The average molecular weight is 541 g/mol. The minimum absolute atomic E-state index is 0.179. The Balaban J connectivity index is 1.85. The molecule has 7 nitrogen and oxygen atoms in total. The van der Waals surface area contributed by atoms with E-state index in [0.717, 1.165) is 22.2 Å². The molecule has 0 aromatic heterocycles. The van der Waals surface area contributed by atoms with Crippen LogP contribution in [0.25, 0.3) is 6.08 Å². The number of carbonyl (C=O) groups excluding carboxylic acids is 3. The quantitative estimate of drug-likeness (QED) is 0.349. The fourth-order valence-corrected chi connectivity index (χ4v) is 4.46. The average Bonchev–Trinajstić information content (AvgIpc) is 3.06. The van der Waals surface area contributed by atoms with Gasteiger partial charge in [-0.2, -0.15) is 0 Å². The normalized spacial score (nSPS) is 15.8. The lowest BCUT2D eigenvalue weighted by Crippen LogP contribution is -2.42. The zero-order valence-corrected chi connectivity index (χ0v) is 20.5. The predicted octanol–water partition coefficient (Wildman–Crippen LogP) is 5.29. The van der Waals surface area contributed by atoms with Crippen molar-refractivity contribution in [3.63, 3.8) is 0 Å². The molecule has 0 saturated carbocycles. The minimum atomic E-state index is -1.02. The number of nitrogens with zero attached hydrogens (tertiary/aromatic N) is 1. The molecule has 10 heteroatoms. The minimum Gasteiger partial charge on any atom is -0.493 e. The van der Waals surface area contributed by atoms with Gasteiger partial charge in [0.05, 0.1) is 19.1 Å². The molecule has 32 heavy (non-hydrogen) atoms. The van der Waals surface area contributed by atoms with Crippen LogP contribution >= 0.6 is 39.3 Å². The van der Waals surface area contributed by atoms with Crippen LogP contribution in [-0.2, 0) is 20.9 Å². The summed E-state index contributed by atoms with van der Waals surface area (Å²) in [5, 5.41) is 0.0565. The largest absolute Gasteiger partial charge is 0.493 e. The molecule has 1 aliphatic rings. The number of esters is 1. The summed E-state index contributed by atoms with van der Waals surface area (Å²) in [6, 6.07) is 9.73. The molecule has 2 aromatic rings. The van der Waals surface area contributed by atoms with Gasteiger partial charge in [-0.15, -0.1) is 0 Å². The van der Waals surface area contributed by atoms with E-state index in [4.69, 9.17) is 21.1 Å². The smallest absolute Gasteiger partial charge is 0.328 e. The van der Waals surface area contributed by atoms with E-state index in [-0.39, 0.29) is 11.5 Å². The molecule has 1 aliphatic heterocycles. The van der Waals surface area contributed by atoms with Gasteiger partial charge in [-0.05, 0) is 48.5 Å². The highest BCUT2D eigenvalue weighted by Gasteiger charge is 2.41. The number of benzene rings is 2. The SMILES string of the molecule is COC(=O)[C@H](C)N1C(=O)S/C(=C/c2cc(OC)c(OCc3ccccc3Cl)cc2Br)C1=O. The van der Waals surface area contributed by atoms with Crippen LogP contribution in [0.5, 0.6) is 11.5 Å². The molecule has 1 heterocycles. The Labute approximate surface area is 202 Å². The molecule has 3 rings (SSSR count). The summed E-state index contributed by atoms with van der Waals surface area (Å²) in [6.07, 6.45) is 1.55. The van der Waals surface area contributed by atoms with Crippen molar-refractivity contribution in [3.05, 3.63) is 61.9 Å². The predicted molar refractivity (Wildman–Crippen MR) is 126 cm³/mol. The summed E-state index contributed by atoms with van der Waals surface area (Å²) < 4.78 is 16.6. The molecule has 2 amide bonds. The lowest BCUT2D eigenvalue weighted by atomic mass is 10.1. The first-order valence-corrected chi connectivity index (χ1v) is 11.3. The molecule has 0 radical (unpaired) electrons. The van der Waals surface area contributed by atoms with E-state index in [1.807, 2.05) is 18.2 Å². The van der Waals surface area contributed by atoms with E-state index < -0.39 is 23.2 Å². The molecule has 0 spiro atoms. The van der Waals surface area contributed by atoms with Crippen LogP contribution in [0.15, 0.2) is 45.8 Å². The van der Waals surface area contributed by atoms with Crippen molar-refractivity contribution < 1.29 is 28.6 Å². The first kappa shape index (κ1) is 24.2. The van der Waals surface area contributed by atoms with Crippen LogP contribution in [0.2, 0.25) is 5.02 Å². The highest BCUT2D eigenvalue weighted by molar-refractivity contribution is 9.10. The third kappa shape index (κ3) is 5.11. The number of methoxy groups -OCH3 is 2. The van der Waals surface area contributed by atoms with E-state index in [1.165, 1.54) is 21.1 Å². The Bertz CT molecular complexity index is 1110. The fourth-order valence-electron chi connectivity index (χ4n) is 2.94. The van der Waals surface area contributed by atoms with Gasteiger partial charge < -0.3 is 14.2 Å². The van der Waals surface area contributed by atoms with Crippen molar-refractivity contribution in [2.75, 3.05) is 14.2 Å². The van der Waals surface area contributed by atoms with Gasteiger partial charge in [0.25, 0.3) is 11.1 Å². The van der Waals surface area contributed by atoms with Crippen molar-refractivity contribution in [1.82, 2.24) is 4.90 Å². The number of carbonyl (C=O) groups is 3. The van der Waals surface area contributed by atoms with E-state index >= 15 is 0 Å². The second-order valence-electron chi connectivity index (χ2n) is 6.66. The van der Waals surface area contributed by atoms with E-state index in [0.29, 0.717) is 26.6 Å². The van der Waals surface area contributed by atoms with Crippen molar-refractivity contribution in [3.8, 4) is 11.5 Å². The molecule has 1 fully saturated rings. The lowest BCUT2D eigenvalue weighted by molar-refractivity contribution is -0.148. The molecule has 168 valence electrons. The molecule has 0 N–H and O–H groups in total. The number of ether oxygens (including phenoxy) is 3. The van der Waals surface area contributed by atoms with E-state index in [2.05, 4.69) is 20.7 Å². The number of hydrogen-bond donors (Lipinski definition) is 0. The van der Waals surface area contributed by atoms with Gasteiger partial charge in [0.2, 0.25) is 0 Å². The topological polar surface area (TPSA) is 82.1 Å². The zero-order chi connectivity index (χ0) is 23.4. The van der Waals surface area contributed by atoms with Crippen LogP contribution in [0, 0.1) is 0 Å². The van der Waals surface area contributed by atoms with Gasteiger partial charge in [-0.1, -0.05) is 45.7 Å². The summed E-state index contributed by atoms with van der Waals surface area (Å²) in [7, 11) is 2.70. The van der Waals surface area contributed by atoms with E-state index in [1.54, 1.807) is 24.3 Å². The molecule has 0 aliphatic carbocycles. The maximum absolute atomic E-state index is 12.7. The Hall–Kier alpha value is -2.49. The number of amides is 2. The van der Waals surface area contributed by atoms with E-state index in [9.17, 15) is 14.4 Å². The van der Waals surface area contributed by atoms with Gasteiger partial charge >= 0.3 is 5.97 Å². The maximum Gasteiger partial charge on any atom is 0.328 e. The number of hydrogen-bond acceptors (Lipinski definition) is 7. The zero-order valence-electron chi connectivity index (χ0n) is 17.4. The van der Waals surface area contributed by atoms with Crippen molar-refractivity contribution in [1.29, 1.82) is 0 Å². The highest BCUT2D eigenvalue weighted by atomic mass is 79.9. The number of imide groups is 1. The standard InChI is InChI=1S/C22H19BrClNO6S/c1-12(21(27)30-3)25-20(26)19(32-22(25)28)9-14-8-17(29-2)18(10-15(14)23)31-11-13-6-4-5-7-16(13)24/h4-10,12H,11H2,1-3H3/b19-9+/t12-/m0/s1. The maximum atomic E-state index is 12.7. The van der Waals surface area contributed by atoms with Crippen molar-refractivity contribution in [2.45, 2.75) is 19.6 Å². The third-order valence-electron chi connectivity index (χ3n) is 4.66. The van der Waals surface area contributed by atoms with Crippen LogP contribution in [-0.4, -0.2) is 42.3 Å². The molecular formula is C22H19BrClNO6S. The van der Waals surface area contributed by atoms with Gasteiger partial charge in [-0.25, -0.2) is 4.79 Å². The third-order valence-corrected chi connectivity index (χ3v) is 6.60. The van der Waals surface area contributed by atoms with Crippen molar-refractivity contribution in [2.24, 2.45) is 0 Å². The summed E-state index contributed by atoms with van der Waals surface area (Å²) in [4.78, 5) is 37.9. The molecule has 0 bridgehead atoms. The lowest BCUT2D eigenvalue weighted by Gasteiger charge is -2.18. The Morgan fingerprint density at radius 2 is 1.94 bits per heavy atom. The van der Waals surface area contributed by atoms with Crippen LogP contribution in [0.4, 0.5) is 4.79 Å². The summed E-state index contributed by atoms with van der Waals surface area (Å²) in [6.45, 7) is 1.68. The number of rotatable bonds is 7. The summed E-state index contributed by atoms with van der Waals surface area (Å²) >= 11 is 10.4. The van der Waals surface area contributed by atoms with Crippen LogP contribution in [0.1, 0.15) is 18.1 Å². The fraction of sp³-hybridized carbons (Fsp3) is 0.227. The van der Waals surface area contributed by atoms with Gasteiger partial charge in [0, 0.05) is 15.1 Å². The van der Waals surface area contributed by atoms with Gasteiger partial charge in [0.15, 0.2) is 11.5 Å². The Morgan fingerprint density at radius 1 is 1.22 bits per heavy atom. The molecule has 2 aromatic carbocycles. The highest BCUT2D eigenvalue weighted by Crippen LogP contribution is 2.39. The first-order valence-electron chi connectivity index (χ1n) is 9.35. The second-order valence-corrected chi connectivity index (χ2v) is 8.91. The van der Waals surface area contributed by atoms with Crippen LogP contribution < -0.4 is 9.47 Å². The Morgan fingerprint density at radius 3 is 2.59 bits per heavy atom.